The zero-order chi connectivity index (χ0) is 20.7. The third-order valence-electron chi connectivity index (χ3n) is 4.13. The predicted octanol–water partition coefficient (Wildman–Crippen LogP) is 2.31. The number of carbonyl (C=O) groups is 2. The third-order valence-corrected chi connectivity index (χ3v) is 4.13. The minimum atomic E-state index is -0.667. The minimum absolute atomic E-state index is 0.00801. The Bertz CT molecular complexity index is 828. The molecule has 0 bridgehead atoms. The van der Waals surface area contributed by atoms with Gasteiger partial charge in [-0.2, -0.15) is 0 Å². The number of benzene rings is 2. The summed E-state index contributed by atoms with van der Waals surface area (Å²) in [6, 6.07) is 10.1. The van der Waals surface area contributed by atoms with Gasteiger partial charge in [-0.05, 0) is 37.4 Å². The molecule has 0 saturated carbocycles. The number of hydrogen-bond acceptors (Lipinski definition) is 4. The fourth-order valence-electron chi connectivity index (χ4n) is 2.69. The van der Waals surface area contributed by atoms with Crippen LogP contribution in [0.3, 0.4) is 0 Å². The van der Waals surface area contributed by atoms with Gasteiger partial charge in [0.1, 0.15) is 17.4 Å². The number of nitrogens with two attached hydrogens (primary N) is 1. The second-order valence-corrected chi connectivity index (χ2v) is 6.37. The predicted molar refractivity (Wildman–Crippen MR) is 102 cm³/mol. The SMILES string of the molecule is COc1ccc(N(CCC(N)=O)C(=O)CN(C)Cc2ccc(F)cc2F)cc1. The van der Waals surface area contributed by atoms with Gasteiger partial charge in [-0.3, -0.25) is 14.5 Å². The Labute approximate surface area is 162 Å². The number of amides is 2. The lowest BCUT2D eigenvalue weighted by Crippen LogP contribution is -2.40. The van der Waals surface area contributed by atoms with Crippen molar-refractivity contribution in [2.45, 2.75) is 13.0 Å². The highest BCUT2D eigenvalue weighted by atomic mass is 19.1. The summed E-state index contributed by atoms with van der Waals surface area (Å²) in [5.74, 6) is -1.49. The van der Waals surface area contributed by atoms with E-state index in [0.717, 1.165) is 6.07 Å². The third kappa shape index (κ3) is 6.02. The summed E-state index contributed by atoms with van der Waals surface area (Å²) < 4.78 is 32.0. The first-order valence-corrected chi connectivity index (χ1v) is 8.65. The van der Waals surface area contributed by atoms with Gasteiger partial charge >= 0.3 is 0 Å². The number of hydrogen-bond donors (Lipinski definition) is 1. The van der Waals surface area contributed by atoms with Crippen LogP contribution in [-0.2, 0) is 16.1 Å². The second-order valence-electron chi connectivity index (χ2n) is 6.37. The van der Waals surface area contributed by atoms with E-state index in [1.54, 1.807) is 36.2 Å². The minimum Gasteiger partial charge on any atom is -0.497 e. The summed E-state index contributed by atoms with van der Waals surface area (Å²) in [6.07, 6.45) is 0.00801. The van der Waals surface area contributed by atoms with Crippen LogP contribution in [-0.4, -0.2) is 44.0 Å². The number of likely N-dealkylation sites (N-methyl/N-ethyl adjacent to an activating group) is 1. The van der Waals surface area contributed by atoms with Gasteiger partial charge in [0.05, 0.1) is 13.7 Å². The molecule has 0 saturated heterocycles. The fraction of sp³-hybridized carbons (Fsp3) is 0.300. The largest absolute Gasteiger partial charge is 0.497 e. The first-order valence-electron chi connectivity index (χ1n) is 8.65. The molecule has 2 aromatic carbocycles. The average Bonchev–Trinajstić information content (AvgIpc) is 2.64. The molecule has 28 heavy (non-hydrogen) atoms. The topological polar surface area (TPSA) is 75.9 Å². The van der Waals surface area contributed by atoms with Crippen molar-refractivity contribution in [3.63, 3.8) is 0 Å². The van der Waals surface area contributed by atoms with Gasteiger partial charge in [0.2, 0.25) is 11.8 Å². The molecule has 0 atom stereocenters. The number of anilines is 1. The summed E-state index contributed by atoms with van der Waals surface area (Å²) in [5.41, 5.74) is 6.09. The molecular formula is C20H23F2N3O3. The first kappa shape index (κ1) is 21.3. The number of ether oxygens (including phenoxy) is 1. The average molecular weight is 391 g/mol. The van der Waals surface area contributed by atoms with Gasteiger partial charge in [-0.1, -0.05) is 6.07 Å². The number of rotatable bonds is 9. The molecule has 0 aliphatic rings. The van der Waals surface area contributed by atoms with Crippen LogP contribution in [0.4, 0.5) is 14.5 Å². The quantitative estimate of drug-likeness (QED) is 0.712. The van der Waals surface area contributed by atoms with Gasteiger partial charge in [-0.15, -0.1) is 0 Å². The Morgan fingerprint density at radius 1 is 1.11 bits per heavy atom. The molecule has 2 N–H and O–H groups in total. The zero-order valence-corrected chi connectivity index (χ0v) is 15.8. The smallest absolute Gasteiger partial charge is 0.241 e. The van der Waals surface area contributed by atoms with E-state index < -0.39 is 17.5 Å². The Balaban J connectivity index is 2.10. The standard InChI is InChI=1S/C20H23F2N3O3/c1-24(12-14-3-4-15(21)11-18(14)22)13-20(27)25(10-9-19(23)26)16-5-7-17(28-2)8-6-16/h3-8,11H,9-10,12-13H2,1-2H3,(H2,23,26). The van der Waals surface area contributed by atoms with Gasteiger partial charge in [-0.25, -0.2) is 8.78 Å². The van der Waals surface area contributed by atoms with E-state index in [1.807, 2.05) is 0 Å². The lowest BCUT2D eigenvalue weighted by Gasteiger charge is -2.25. The fourth-order valence-corrected chi connectivity index (χ4v) is 2.69. The van der Waals surface area contributed by atoms with Gasteiger partial charge < -0.3 is 15.4 Å². The first-order chi connectivity index (χ1) is 13.3. The van der Waals surface area contributed by atoms with E-state index in [1.165, 1.54) is 24.1 Å². The van der Waals surface area contributed by atoms with Crippen molar-refractivity contribution in [3.8, 4) is 5.75 Å². The monoisotopic (exact) mass is 391 g/mol. The number of methoxy groups -OCH3 is 1. The maximum Gasteiger partial charge on any atom is 0.241 e. The van der Waals surface area contributed by atoms with E-state index in [9.17, 15) is 18.4 Å². The van der Waals surface area contributed by atoms with Crippen LogP contribution in [0.1, 0.15) is 12.0 Å². The van der Waals surface area contributed by atoms with Gasteiger partial charge in [0.15, 0.2) is 0 Å². The summed E-state index contributed by atoms with van der Waals surface area (Å²) in [6.45, 7) is 0.227. The zero-order valence-electron chi connectivity index (χ0n) is 15.8. The van der Waals surface area contributed by atoms with Gasteiger partial charge in [0.25, 0.3) is 0 Å². The van der Waals surface area contributed by atoms with Crippen LogP contribution in [0.15, 0.2) is 42.5 Å². The summed E-state index contributed by atoms with van der Waals surface area (Å²) >= 11 is 0. The number of carbonyl (C=O) groups excluding carboxylic acids is 2. The van der Waals surface area contributed by atoms with E-state index in [2.05, 4.69) is 0 Å². The van der Waals surface area contributed by atoms with E-state index >= 15 is 0 Å². The molecule has 0 aromatic heterocycles. The van der Waals surface area contributed by atoms with Crippen molar-refractivity contribution < 1.29 is 23.1 Å². The van der Waals surface area contributed by atoms with Gasteiger partial charge in [0, 0.05) is 36.8 Å². The van der Waals surface area contributed by atoms with Crippen LogP contribution >= 0.6 is 0 Å². The summed E-state index contributed by atoms with van der Waals surface area (Å²) in [5, 5.41) is 0. The molecule has 2 aromatic rings. The molecular weight excluding hydrogens is 368 g/mol. The number of primary amides is 1. The molecule has 150 valence electrons. The number of nitrogens with zero attached hydrogens (tertiary/aromatic N) is 2. The maximum atomic E-state index is 13.8. The van der Waals surface area contributed by atoms with Crippen molar-refractivity contribution in [2.75, 3.05) is 32.1 Å². The molecule has 0 radical (unpaired) electrons. The van der Waals surface area contributed by atoms with Crippen LogP contribution in [0.5, 0.6) is 5.75 Å². The second kappa shape index (κ2) is 9.80. The van der Waals surface area contributed by atoms with Crippen molar-refractivity contribution in [1.29, 1.82) is 0 Å². The highest BCUT2D eigenvalue weighted by Crippen LogP contribution is 2.20. The maximum absolute atomic E-state index is 13.8. The van der Waals surface area contributed by atoms with Crippen molar-refractivity contribution in [2.24, 2.45) is 5.73 Å². The summed E-state index contributed by atoms with van der Waals surface area (Å²) in [7, 11) is 3.19. The van der Waals surface area contributed by atoms with Crippen LogP contribution in [0.25, 0.3) is 0 Å². The molecule has 0 unspecified atom stereocenters. The molecule has 8 heteroatoms. The van der Waals surface area contributed by atoms with E-state index in [4.69, 9.17) is 10.5 Å². The number of halogens is 2. The van der Waals surface area contributed by atoms with E-state index in [0.29, 0.717) is 11.4 Å². The molecule has 0 spiro atoms. The molecule has 2 rings (SSSR count). The lowest BCUT2D eigenvalue weighted by molar-refractivity contribution is -0.120. The summed E-state index contributed by atoms with van der Waals surface area (Å²) in [4.78, 5) is 27.0. The van der Waals surface area contributed by atoms with Crippen LogP contribution in [0.2, 0.25) is 0 Å². The molecule has 0 heterocycles. The normalized spacial score (nSPS) is 10.8. The Morgan fingerprint density at radius 2 is 1.79 bits per heavy atom. The van der Waals surface area contributed by atoms with Crippen LogP contribution < -0.4 is 15.4 Å². The van der Waals surface area contributed by atoms with Crippen molar-refractivity contribution in [1.82, 2.24) is 4.90 Å². The van der Waals surface area contributed by atoms with Crippen molar-refractivity contribution >= 4 is 17.5 Å². The Hall–Kier alpha value is -3.00. The lowest BCUT2D eigenvalue weighted by atomic mass is 10.2. The molecule has 0 aliphatic heterocycles. The Morgan fingerprint density at radius 3 is 2.36 bits per heavy atom. The molecule has 0 fully saturated rings. The highest BCUT2D eigenvalue weighted by Gasteiger charge is 2.19. The Kier molecular flexibility index (Phi) is 7.45. The molecule has 0 aliphatic carbocycles. The molecule has 2 amide bonds. The highest BCUT2D eigenvalue weighted by molar-refractivity contribution is 5.95. The molecule has 6 nitrogen and oxygen atoms in total. The van der Waals surface area contributed by atoms with Crippen LogP contribution in [0, 0.1) is 11.6 Å². The van der Waals surface area contributed by atoms with E-state index in [-0.39, 0.29) is 37.5 Å². The van der Waals surface area contributed by atoms with Crippen molar-refractivity contribution in [3.05, 3.63) is 59.7 Å².